The number of amides is 1. The lowest BCUT2D eigenvalue weighted by Crippen LogP contribution is -2.25. The summed E-state index contributed by atoms with van der Waals surface area (Å²) in [6.45, 7) is 6.23. The Morgan fingerprint density at radius 2 is 1.74 bits per heavy atom. The molecule has 2 heterocycles. The van der Waals surface area contributed by atoms with Gasteiger partial charge in [0.05, 0.1) is 11.4 Å². The minimum Gasteiger partial charge on any atom is -0.326 e. The van der Waals surface area contributed by atoms with Gasteiger partial charge >= 0.3 is 0 Å². The number of aryl methyl sites for hydroxylation is 4. The molecule has 0 spiro atoms. The largest absolute Gasteiger partial charge is 0.326 e. The zero-order chi connectivity index (χ0) is 22.0. The SMILES string of the molecule is CCc1ccc(NC(=O)CCn2c(=O)cc(C)c3c(C)nn(-c4ccccc4)c32)cc1. The summed E-state index contributed by atoms with van der Waals surface area (Å²) in [5.74, 6) is -0.132. The molecule has 4 aromatic rings. The molecular formula is C25H26N4O2. The molecule has 0 bridgehead atoms. The van der Waals surface area contributed by atoms with Gasteiger partial charge in [-0.25, -0.2) is 4.68 Å². The number of hydrogen-bond acceptors (Lipinski definition) is 3. The Morgan fingerprint density at radius 1 is 1.03 bits per heavy atom. The van der Waals surface area contributed by atoms with Crippen LogP contribution in [0.4, 0.5) is 5.69 Å². The van der Waals surface area contributed by atoms with Gasteiger partial charge in [-0.05, 0) is 55.7 Å². The van der Waals surface area contributed by atoms with Crippen LogP contribution >= 0.6 is 0 Å². The number of para-hydroxylation sites is 1. The van der Waals surface area contributed by atoms with Gasteiger partial charge in [-0.3, -0.25) is 14.2 Å². The number of hydrogen-bond donors (Lipinski definition) is 1. The van der Waals surface area contributed by atoms with Gasteiger partial charge in [0.25, 0.3) is 5.56 Å². The van der Waals surface area contributed by atoms with E-state index >= 15 is 0 Å². The fourth-order valence-electron chi connectivity index (χ4n) is 3.89. The van der Waals surface area contributed by atoms with Crippen LogP contribution in [0.3, 0.4) is 0 Å². The minimum atomic E-state index is -0.137. The highest BCUT2D eigenvalue weighted by molar-refractivity contribution is 5.91. The molecule has 31 heavy (non-hydrogen) atoms. The highest BCUT2D eigenvalue weighted by Crippen LogP contribution is 2.24. The van der Waals surface area contributed by atoms with Crippen LogP contribution in [0.25, 0.3) is 16.7 Å². The summed E-state index contributed by atoms with van der Waals surface area (Å²) in [5, 5.41) is 8.55. The van der Waals surface area contributed by atoms with Gasteiger partial charge in [-0.2, -0.15) is 5.10 Å². The molecule has 2 aromatic heterocycles. The third-order valence-electron chi connectivity index (χ3n) is 5.50. The van der Waals surface area contributed by atoms with Crippen molar-refractivity contribution < 1.29 is 4.79 Å². The number of carbonyl (C=O) groups is 1. The number of rotatable bonds is 6. The third-order valence-corrected chi connectivity index (χ3v) is 5.50. The maximum Gasteiger partial charge on any atom is 0.252 e. The first-order valence-corrected chi connectivity index (χ1v) is 10.5. The van der Waals surface area contributed by atoms with Gasteiger partial charge < -0.3 is 5.32 Å². The van der Waals surface area contributed by atoms with E-state index in [0.717, 1.165) is 34.4 Å². The van der Waals surface area contributed by atoms with Gasteiger partial charge in [-0.15, -0.1) is 0 Å². The summed E-state index contributed by atoms with van der Waals surface area (Å²) in [7, 11) is 0. The molecule has 158 valence electrons. The van der Waals surface area contributed by atoms with Crippen LogP contribution in [-0.4, -0.2) is 20.3 Å². The fourth-order valence-corrected chi connectivity index (χ4v) is 3.89. The molecule has 1 N–H and O–H groups in total. The summed E-state index contributed by atoms with van der Waals surface area (Å²) < 4.78 is 3.44. The first kappa shape index (κ1) is 20.6. The molecule has 0 saturated carbocycles. The Bertz CT molecular complexity index is 1290. The van der Waals surface area contributed by atoms with E-state index in [0.29, 0.717) is 5.65 Å². The Kier molecular flexibility index (Phi) is 5.71. The topological polar surface area (TPSA) is 68.9 Å². The Balaban J connectivity index is 1.65. The Hall–Kier alpha value is -3.67. The lowest BCUT2D eigenvalue weighted by Gasteiger charge is -2.12. The second kappa shape index (κ2) is 8.60. The average Bonchev–Trinajstić information content (AvgIpc) is 3.12. The van der Waals surface area contributed by atoms with Crippen molar-refractivity contribution in [2.24, 2.45) is 0 Å². The smallest absolute Gasteiger partial charge is 0.252 e. The van der Waals surface area contributed by atoms with Crippen LogP contribution in [0, 0.1) is 13.8 Å². The summed E-state index contributed by atoms with van der Waals surface area (Å²) in [6.07, 6.45) is 1.14. The quantitative estimate of drug-likeness (QED) is 0.509. The fraction of sp³-hybridized carbons (Fsp3) is 0.240. The molecule has 0 radical (unpaired) electrons. The van der Waals surface area contributed by atoms with Crippen molar-refractivity contribution in [3.63, 3.8) is 0 Å². The number of carbonyl (C=O) groups excluding carboxylic acids is 1. The number of benzene rings is 2. The predicted octanol–water partition coefficient (Wildman–Crippen LogP) is 4.40. The molecule has 0 atom stereocenters. The number of nitrogens with one attached hydrogen (secondary N) is 1. The molecule has 6 nitrogen and oxygen atoms in total. The lowest BCUT2D eigenvalue weighted by molar-refractivity contribution is -0.116. The Labute approximate surface area is 181 Å². The highest BCUT2D eigenvalue weighted by atomic mass is 16.2. The summed E-state index contributed by atoms with van der Waals surface area (Å²) in [4.78, 5) is 25.4. The zero-order valence-corrected chi connectivity index (χ0v) is 18.1. The maximum absolute atomic E-state index is 12.9. The molecule has 6 heteroatoms. The van der Waals surface area contributed by atoms with E-state index in [1.165, 1.54) is 5.56 Å². The van der Waals surface area contributed by atoms with Gasteiger partial charge in [0, 0.05) is 30.1 Å². The second-order valence-electron chi connectivity index (χ2n) is 7.70. The van der Waals surface area contributed by atoms with E-state index in [4.69, 9.17) is 5.10 Å². The maximum atomic E-state index is 12.9. The van der Waals surface area contributed by atoms with E-state index in [2.05, 4.69) is 12.2 Å². The second-order valence-corrected chi connectivity index (χ2v) is 7.70. The van der Waals surface area contributed by atoms with Crippen molar-refractivity contribution >= 4 is 22.6 Å². The van der Waals surface area contributed by atoms with Crippen LogP contribution in [0.15, 0.2) is 65.5 Å². The number of anilines is 1. The van der Waals surface area contributed by atoms with E-state index in [-0.39, 0.29) is 24.4 Å². The van der Waals surface area contributed by atoms with Crippen molar-refractivity contribution in [2.45, 2.75) is 40.2 Å². The van der Waals surface area contributed by atoms with Crippen molar-refractivity contribution in [2.75, 3.05) is 5.32 Å². The molecular weight excluding hydrogens is 388 g/mol. The predicted molar refractivity (Wildman–Crippen MR) is 124 cm³/mol. The normalized spacial score (nSPS) is 11.1. The molecule has 0 saturated heterocycles. The van der Waals surface area contributed by atoms with E-state index in [1.807, 2.05) is 68.4 Å². The van der Waals surface area contributed by atoms with Crippen LogP contribution in [-0.2, 0) is 17.8 Å². The Morgan fingerprint density at radius 3 is 2.42 bits per heavy atom. The first-order chi connectivity index (χ1) is 15.0. The summed E-state index contributed by atoms with van der Waals surface area (Å²) in [5.41, 5.74) is 5.17. The molecule has 1 amide bonds. The van der Waals surface area contributed by atoms with E-state index in [9.17, 15) is 9.59 Å². The van der Waals surface area contributed by atoms with Crippen LogP contribution < -0.4 is 10.9 Å². The van der Waals surface area contributed by atoms with Crippen LogP contribution in [0.5, 0.6) is 0 Å². The summed E-state index contributed by atoms with van der Waals surface area (Å²) in [6, 6.07) is 19.2. The number of nitrogens with zero attached hydrogens (tertiary/aromatic N) is 3. The molecule has 0 aliphatic heterocycles. The van der Waals surface area contributed by atoms with Gasteiger partial charge in [0.15, 0.2) is 0 Å². The highest BCUT2D eigenvalue weighted by Gasteiger charge is 2.17. The number of fused-ring (bicyclic) bond motifs is 1. The summed E-state index contributed by atoms with van der Waals surface area (Å²) >= 11 is 0. The van der Waals surface area contributed by atoms with Crippen molar-refractivity contribution in [1.82, 2.24) is 14.3 Å². The number of pyridine rings is 1. The molecule has 2 aromatic carbocycles. The van der Waals surface area contributed by atoms with Crippen LogP contribution in [0.2, 0.25) is 0 Å². The van der Waals surface area contributed by atoms with Crippen molar-refractivity contribution in [3.05, 3.63) is 87.8 Å². The monoisotopic (exact) mass is 414 g/mol. The third kappa shape index (κ3) is 4.14. The van der Waals surface area contributed by atoms with Crippen LogP contribution in [0.1, 0.15) is 30.2 Å². The molecule has 4 rings (SSSR count). The first-order valence-electron chi connectivity index (χ1n) is 10.5. The molecule has 0 fully saturated rings. The minimum absolute atomic E-state index is 0.132. The standard InChI is InChI=1S/C25H26N4O2/c1-4-19-10-12-20(13-11-19)26-22(30)14-15-28-23(31)16-17(2)24-18(3)27-29(25(24)28)21-8-6-5-7-9-21/h5-13,16H,4,14-15H2,1-3H3,(H,26,30). The van der Waals surface area contributed by atoms with Crippen molar-refractivity contribution in [3.8, 4) is 5.69 Å². The molecule has 0 unspecified atom stereocenters. The lowest BCUT2D eigenvalue weighted by atomic mass is 10.1. The van der Waals surface area contributed by atoms with Gasteiger partial charge in [0.1, 0.15) is 5.65 Å². The van der Waals surface area contributed by atoms with E-state index < -0.39 is 0 Å². The van der Waals surface area contributed by atoms with E-state index in [1.54, 1.807) is 15.3 Å². The van der Waals surface area contributed by atoms with Gasteiger partial charge in [-0.1, -0.05) is 37.3 Å². The molecule has 0 aliphatic carbocycles. The molecule has 0 aliphatic rings. The van der Waals surface area contributed by atoms with Gasteiger partial charge in [0.2, 0.25) is 5.91 Å². The van der Waals surface area contributed by atoms with Crippen molar-refractivity contribution in [1.29, 1.82) is 0 Å². The zero-order valence-electron chi connectivity index (χ0n) is 18.1. The number of aromatic nitrogens is 3. The average molecular weight is 415 g/mol.